The number of nitrogens with zero attached hydrogens (tertiary/aromatic N) is 2. The van der Waals surface area contributed by atoms with Gasteiger partial charge in [0.1, 0.15) is 0 Å². The van der Waals surface area contributed by atoms with Crippen LogP contribution >= 0.6 is 0 Å². The molecule has 1 aromatic rings. The zero-order chi connectivity index (χ0) is 14.2. The summed E-state index contributed by atoms with van der Waals surface area (Å²) in [5, 5.41) is 9.09. The fourth-order valence-electron chi connectivity index (χ4n) is 2.03. The molecule has 0 unspecified atom stereocenters. The van der Waals surface area contributed by atoms with Gasteiger partial charge in [-0.2, -0.15) is 0 Å². The Morgan fingerprint density at radius 1 is 1.53 bits per heavy atom. The fourth-order valence-corrected chi connectivity index (χ4v) is 4.30. The van der Waals surface area contributed by atoms with Crippen molar-refractivity contribution >= 4 is 25.2 Å². The third-order valence-corrected chi connectivity index (χ3v) is 5.04. The third kappa shape index (κ3) is 2.94. The molecular formula is C13H17N3O2Se. The van der Waals surface area contributed by atoms with Crippen LogP contribution in [0.3, 0.4) is 0 Å². The molecule has 1 amide bonds. The average Bonchev–Trinajstić information content (AvgIpc) is 2.60. The molecule has 2 rings (SSSR count). The van der Waals surface area contributed by atoms with Gasteiger partial charge in [-0.25, -0.2) is 0 Å². The maximum absolute atomic E-state index is 12.0. The number of ether oxygens (including phenoxy) is 1. The zero-order valence-corrected chi connectivity index (χ0v) is 13.0. The van der Waals surface area contributed by atoms with Crippen LogP contribution in [-0.4, -0.2) is 37.6 Å². The second-order valence-electron chi connectivity index (χ2n) is 5.51. The molecule has 0 saturated heterocycles. The molecule has 5 nitrogen and oxygen atoms in total. The first-order valence-electron chi connectivity index (χ1n) is 6.10. The van der Waals surface area contributed by atoms with Gasteiger partial charge >= 0.3 is 118 Å². The molecule has 2 N–H and O–H groups in total. The Kier molecular flexibility index (Phi) is 3.62. The summed E-state index contributed by atoms with van der Waals surface area (Å²) in [7, 11) is 0. The van der Waals surface area contributed by atoms with Crippen LogP contribution in [0.1, 0.15) is 36.3 Å². The molecule has 0 fully saturated rings. The predicted octanol–water partition coefficient (Wildman–Crippen LogP) is 1.49. The Bertz CT molecular complexity index is 551. The molecule has 1 aromatic heterocycles. The molecule has 0 saturated carbocycles. The van der Waals surface area contributed by atoms with Crippen molar-refractivity contribution in [2.75, 3.05) is 12.3 Å². The number of hydrogen-bond acceptors (Lipinski definition) is 4. The van der Waals surface area contributed by atoms with Gasteiger partial charge in [-0.05, 0) is 0 Å². The number of amides is 1. The van der Waals surface area contributed by atoms with Crippen molar-refractivity contribution in [3.8, 4) is 6.07 Å². The number of carbonyl (C=O) groups is 1. The zero-order valence-electron chi connectivity index (χ0n) is 11.3. The molecule has 0 spiro atoms. The average molecular weight is 326 g/mol. The summed E-state index contributed by atoms with van der Waals surface area (Å²) >= 11 is 0.00107. The van der Waals surface area contributed by atoms with Crippen LogP contribution in [0.25, 0.3) is 0 Å². The van der Waals surface area contributed by atoms with Crippen LogP contribution in [0, 0.1) is 11.3 Å². The normalized spacial score (nSPS) is 14.7. The summed E-state index contributed by atoms with van der Waals surface area (Å²) < 4.78 is 7.19. The van der Waals surface area contributed by atoms with Crippen molar-refractivity contribution < 1.29 is 9.53 Å². The van der Waals surface area contributed by atoms with Gasteiger partial charge in [0, 0.05) is 0 Å². The molecule has 1 aliphatic rings. The van der Waals surface area contributed by atoms with Crippen molar-refractivity contribution in [3.05, 3.63) is 15.6 Å². The van der Waals surface area contributed by atoms with E-state index in [0.29, 0.717) is 29.6 Å². The molecule has 6 heteroatoms. The van der Waals surface area contributed by atoms with E-state index in [-0.39, 0.29) is 20.6 Å². The van der Waals surface area contributed by atoms with Crippen LogP contribution in [0.2, 0.25) is 0 Å². The second-order valence-corrected chi connectivity index (χ2v) is 7.89. The second kappa shape index (κ2) is 4.92. The number of anilines is 1. The number of fused-ring (bicyclic) bond motifs is 1. The maximum atomic E-state index is 12.0. The Labute approximate surface area is 118 Å². The quantitative estimate of drug-likeness (QED) is 0.733. The van der Waals surface area contributed by atoms with Gasteiger partial charge < -0.3 is 0 Å². The Hall–Kier alpha value is -1.44. The minimum absolute atomic E-state index is 0.00107. The third-order valence-electron chi connectivity index (χ3n) is 2.85. The number of nitrogens with two attached hydrogens (primary N) is 1. The number of hydrogen-bond donors (Lipinski definition) is 1. The van der Waals surface area contributed by atoms with Crippen LogP contribution in [-0.2, 0) is 17.7 Å². The first-order valence-corrected chi connectivity index (χ1v) is 7.81. The summed E-state index contributed by atoms with van der Waals surface area (Å²) in [6, 6.07) is 2.17. The first-order chi connectivity index (χ1) is 8.81. The van der Waals surface area contributed by atoms with Crippen molar-refractivity contribution in [2.45, 2.75) is 39.3 Å². The molecule has 0 aliphatic carbocycles. The van der Waals surface area contributed by atoms with Gasteiger partial charge in [0.15, 0.2) is 0 Å². The van der Waals surface area contributed by atoms with E-state index in [9.17, 15) is 4.79 Å². The minimum atomic E-state index is -0.484. The Balaban J connectivity index is 2.15. The molecule has 102 valence electrons. The van der Waals surface area contributed by atoms with Crippen molar-refractivity contribution in [2.24, 2.45) is 0 Å². The molecule has 0 aromatic carbocycles. The van der Waals surface area contributed by atoms with Crippen molar-refractivity contribution in [1.82, 2.24) is 4.90 Å². The Morgan fingerprint density at radius 3 is 2.79 bits per heavy atom. The molecule has 2 heterocycles. The van der Waals surface area contributed by atoms with E-state index >= 15 is 0 Å². The predicted molar refractivity (Wildman–Crippen MR) is 72.9 cm³/mol. The Morgan fingerprint density at radius 2 is 2.21 bits per heavy atom. The van der Waals surface area contributed by atoms with E-state index in [1.165, 1.54) is 0 Å². The standard InChI is InChI=1S/C13H17N3O2Se/c1-13(2,3)18-12(17)16-5-4-8-9(6-14)11(15)19-10(8)7-16/h4-5,7,15H2,1-3H3. The number of nitrogen functional groups attached to an aromatic ring is 1. The summed E-state index contributed by atoms with van der Waals surface area (Å²) in [5.74, 6) is 0. The van der Waals surface area contributed by atoms with Crippen LogP contribution in [0.4, 0.5) is 9.36 Å². The van der Waals surface area contributed by atoms with Gasteiger partial charge in [0.2, 0.25) is 0 Å². The summed E-state index contributed by atoms with van der Waals surface area (Å²) in [6.45, 7) is 6.68. The molecule has 1 aliphatic heterocycles. The molecular weight excluding hydrogens is 309 g/mol. The van der Waals surface area contributed by atoms with Crippen molar-refractivity contribution in [3.63, 3.8) is 0 Å². The molecule has 19 heavy (non-hydrogen) atoms. The van der Waals surface area contributed by atoms with Crippen molar-refractivity contribution in [1.29, 1.82) is 5.26 Å². The van der Waals surface area contributed by atoms with E-state index in [2.05, 4.69) is 6.07 Å². The molecule has 0 radical (unpaired) electrons. The van der Waals surface area contributed by atoms with Gasteiger partial charge in [0.25, 0.3) is 0 Å². The van der Waals surface area contributed by atoms with Gasteiger partial charge in [0.05, 0.1) is 0 Å². The van der Waals surface area contributed by atoms with Crippen LogP contribution in [0.5, 0.6) is 0 Å². The van der Waals surface area contributed by atoms with Gasteiger partial charge in [-0.15, -0.1) is 0 Å². The van der Waals surface area contributed by atoms with Gasteiger partial charge in [-0.3, -0.25) is 0 Å². The van der Waals surface area contributed by atoms with Crippen LogP contribution < -0.4 is 5.73 Å². The number of carbonyl (C=O) groups excluding carboxylic acids is 1. The summed E-state index contributed by atoms with van der Waals surface area (Å²) in [5.41, 5.74) is 7.09. The molecule has 0 bridgehead atoms. The van der Waals surface area contributed by atoms with E-state index in [1.54, 1.807) is 4.90 Å². The fraction of sp³-hybridized carbons (Fsp3) is 0.538. The topological polar surface area (TPSA) is 79.3 Å². The summed E-state index contributed by atoms with van der Waals surface area (Å²) in [6.07, 6.45) is 0.402. The first kappa shape index (κ1) is 14.0. The monoisotopic (exact) mass is 327 g/mol. The van der Waals surface area contributed by atoms with Crippen LogP contribution in [0.15, 0.2) is 0 Å². The molecule has 0 atom stereocenters. The SMILES string of the molecule is CC(C)(C)OC(=O)N1CCc2c([se]c(N)c2C#N)C1. The number of rotatable bonds is 0. The van der Waals surface area contributed by atoms with E-state index in [0.717, 1.165) is 10.0 Å². The number of nitriles is 1. The van der Waals surface area contributed by atoms with E-state index in [1.807, 2.05) is 20.8 Å². The summed E-state index contributed by atoms with van der Waals surface area (Å²) in [4.78, 5) is 13.7. The van der Waals surface area contributed by atoms with E-state index in [4.69, 9.17) is 15.7 Å². The van der Waals surface area contributed by atoms with Gasteiger partial charge in [-0.1, -0.05) is 0 Å². The van der Waals surface area contributed by atoms with E-state index < -0.39 is 5.60 Å².